The zero-order valence-electron chi connectivity index (χ0n) is 15.7. The molecule has 1 aliphatic heterocycles. The minimum Gasteiger partial charge on any atom is -0.465 e. The first-order chi connectivity index (χ1) is 14.1. The quantitative estimate of drug-likeness (QED) is 0.652. The van der Waals surface area contributed by atoms with Gasteiger partial charge in [-0.25, -0.2) is 19.2 Å². The van der Waals surface area contributed by atoms with Gasteiger partial charge in [0.05, 0.1) is 6.54 Å². The van der Waals surface area contributed by atoms with E-state index >= 15 is 0 Å². The van der Waals surface area contributed by atoms with Gasteiger partial charge in [-0.2, -0.15) is 0 Å². The molecule has 4 rings (SSSR count). The van der Waals surface area contributed by atoms with Crippen LogP contribution in [0.25, 0.3) is 11.1 Å². The molecular formula is C21H21FN4O2S. The Morgan fingerprint density at radius 1 is 1.21 bits per heavy atom. The minimum absolute atomic E-state index is 0.254. The fourth-order valence-electron chi connectivity index (χ4n) is 3.59. The zero-order valence-corrected chi connectivity index (χ0v) is 16.6. The Labute approximate surface area is 172 Å². The van der Waals surface area contributed by atoms with Gasteiger partial charge in [0.15, 0.2) is 0 Å². The van der Waals surface area contributed by atoms with E-state index in [1.807, 2.05) is 17.5 Å². The van der Waals surface area contributed by atoms with Crippen molar-refractivity contribution in [2.45, 2.75) is 13.0 Å². The maximum Gasteiger partial charge on any atom is 0.407 e. The molecule has 0 bridgehead atoms. The first kappa shape index (κ1) is 19.3. The third kappa shape index (κ3) is 4.71. The lowest BCUT2D eigenvalue weighted by molar-refractivity contribution is 0.135. The van der Waals surface area contributed by atoms with Crippen LogP contribution in [0.4, 0.5) is 15.0 Å². The van der Waals surface area contributed by atoms with E-state index < -0.39 is 6.09 Å². The van der Waals surface area contributed by atoms with Crippen molar-refractivity contribution in [3.63, 3.8) is 0 Å². The molecule has 1 unspecified atom stereocenters. The average Bonchev–Trinajstić information content (AvgIpc) is 3.40. The summed E-state index contributed by atoms with van der Waals surface area (Å²) >= 11 is 1.47. The number of rotatable bonds is 6. The molecule has 0 aliphatic carbocycles. The van der Waals surface area contributed by atoms with Crippen LogP contribution in [0.2, 0.25) is 0 Å². The van der Waals surface area contributed by atoms with Crippen LogP contribution in [0.15, 0.2) is 54.2 Å². The molecule has 1 N–H and O–H groups in total. The molecular weight excluding hydrogens is 391 g/mol. The number of halogens is 1. The van der Waals surface area contributed by atoms with Crippen molar-refractivity contribution in [2.75, 3.05) is 24.5 Å². The maximum absolute atomic E-state index is 13.1. The van der Waals surface area contributed by atoms with Crippen molar-refractivity contribution in [1.29, 1.82) is 0 Å². The second-order valence-corrected chi connectivity index (χ2v) is 8.08. The molecule has 8 heteroatoms. The molecule has 2 aromatic heterocycles. The molecule has 1 amide bonds. The van der Waals surface area contributed by atoms with Gasteiger partial charge in [-0.1, -0.05) is 12.1 Å². The second-order valence-electron chi connectivity index (χ2n) is 7.10. The minimum atomic E-state index is -0.916. The fourth-order valence-corrected chi connectivity index (χ4v) is 4.22. The summed E-state index contributed by atoms with van der Waals surface area (Å²) in [6.45, 7) is 2.43. The van der Waals surface area contributed by atoms with Gasteiger partial charge in [0, 0.05) is 43.0 Å². The molecule has 1 aliphatic rings. The van der Waals surface area contributed by atoms with E-state index in [4.69, 9.17) is 0 Å². The first-order valence-electron chi connectivity index (χ1n) is 9.41. The largest absolute Gasteiger partial charge is 0.465 e. The van der Waals surface area contributed by atoms with Crippen molar-refractivity contribution >= 4 is 23.2 Å². The fraction of sp³-hybridized carbons (Fsp3) is 0.286. The molecule has 1 aromatic carbocycles. The van der Waals surface area contributed by atoms with E-state index in [0.29, 0.717) is 13.1 Å². The smallest absolute Gasteiger partial charge is 0.407 e. The Bertz CT molecular complexity index is 948. The van der Waals surface area contributed by atoms with Crippen LogP contribution in [0.1, 0.15) is 11.4 Å². The molecule has 3 heterocycles. The van der Waals surface area contributed by atoms with Gasteiger partial charge in [0.2, 0.25) is 0 Å². The van der Waals surface area contributed by atoms with E-state index in [9.17, 15) is 14.3 Å². The van der Waals surface area contributed by atoms with Crippen LogP contribution in [0, 0.1) is 11.7 Å². The van der Waals surface area contributed by atoms with E-state index in [-0.39, 0.29) is 11.7 Å². The molecule has 6 nitrogen and oxygen atoms in total. The summed E-state index contributed by atoms with van der Waals surface area (Å²) in [6, 6.07) is 10.3. The highest BCUT2D eigenvalue weighted by Crippen LogP contribution is 2.26. The number of hydrogen-bond acceptors (Lipinski definition) is 5. The molecule has 150 valence electrons. The summed E-state index contributed by atoms with van der Waals surface area (Å²) in [7, 11) is 0. The van der Waals surface area contributed by atoms with Gasteiger partial charge in [-0.3, -0.25) is 0 Å². The average molecular weight is 412 g/mol. The Morgan fingerprint density at radius 3 is 2.66 bits per heavy atom. The number of pyridine rings is 1. The van der Waals surface area contributed by atoms with E-state index in [1.165, 1.54) is 28.4 Å². The maximum atomic E-state index is 13.1. The van der Waals surface area contributed by atoms with Crippen LogP contribution in [0.5, 0.6) is 0 Å². The van der Waals surface area contributed by atoms with Crippen molar-refractivity contribution in [3.05, 3.63) is 65.0 Å². The number of carboxylic acid groups (broad SMARTS) is 1. The Kier molecular flexibility index (Phi) is 5.71. The Balaban J connectivity index is 1.37. The summed E-state index contributed by atoms with van der Waals surface area (Å²) in [6.07, 6.45) is 3.49. The number of nitrogens with zero attached hydrogens (tertiary/aromatic N) is 4. The Morgan fingerprint density at radius 2 is 2.00 bits per heavy atom. The van der Waals surface area contributed by atoms with Crippen molar-refractivity contribution in [3.8, 4) is 11.1 Å². The first-order valence-corrected chi connectivity index (χ1v) is 10.3. The molecule has 1 saturated heterocycles. The summed E-state index contributed by atoms with van der Waals surface area (Å²) in [5.41, 5.74) is 1.86. The third-order valence-electron chi connectivity index (χ3n) is 5.09. The van der Waals surface area contributed by atoms with E-state index in [2.05, 4.69) is 14.9 Å². The number of aromatic nitrogens is 2. The number of hydrogen-bond donors (Lipinski definition) is 1. The van der Waals surface area contributed by atoms with Crippen molar-refractivity contribution in [1.82, 2.24) is 14.9 Å². The molecule has 1 fully saturated rings. The van der Waals surface area contributed by atoms with Gasteiger partial charge in [0.25, 0.3) is 0 Å². The molecule has 1 atom stereocenters. The highest BCUT2D eigenvalue weighted by molar-refractivity contribution is 7.09. The summed E-state index contributed by atoms with van der Waals surface area (Å²) in [5.74, 6) is 0.872. The molecule has 0 radical (unpaired) electrons. The number of anilines is 1. The highest BCUT2D eigenvalue weighted by atomic mass is 32.1. The SMILES string of the molecule is O=C(O)N(Cc1nccs1)CC1CCN(c2ccc(-c3ccc(F)cc3)cn2)C1. The normalized spacial score (nSPS) is 16.2. The molecule has 3 aromatic rings. The lowest BCUT2D eigenvalue weighted by atomic mass is 10.1. The second kappa shape index (κ2) is 8.57. The molecule has 29 heavy (non-hydrogen) atoms. The van der Waals surface area contributed by atoms with Crippen LogP contribution in [0.3, 0.4) is 0 Å². The van der Waals surface area contributed by atoms with E-state index in [0.717, 1.165) is 41.5 Å². The van der Waals surface area contributed by atoms with Crippen LogP contribution >= 0.6 is 11.3 Å². The molecule has 0 spiro atoms. The van der Waals surface area contributed by atoms with Crippen LogP contribution in [-0.2, 0) is 6.54 Å². The summed E-state index contributed by atoms with van der Waals surface area (Å²) in [4.78, 5) is 24.0. The van der Waals surface area contributed by atoms with E-state index in [1.54, 1.807) is 24.5 Å². The lowest BCUT2D eigenvalue weighted by Crippen LogP contribution is -2.35. The number of benzene rings is 1. The monoisotopic (exact) mass is 412 g/mol. The van der Waals surface area contributed by atoms with Gasteiger partial charge in [0.1, 0.15) is 16.6 Å². The Hall–Kier alpha value is -3.00. The van der Waals surface area contributed by atoms with Crippen molar-refractivity contribution in [2.24, 2.45) is 5.92 Å². The standard InChI is InChI=1S/C21H21FN4O2S/c22-18-4-1-16(2-5-18)17-3-6-19(24-11-17)25-9-7-15(12-25)13-26(21(27)28)14-20-23-8-10-29-20/h1-6,8,10-11,15H,7,9,12-14H2,(H,27,28). The van der Waals surface area contributed by atoms with Crippen LogP contribution in [-0.4, -0.2) is 45.7 Å². The number of amides is 1. The molecule has 0 saturated carbocycles. The highest BCUT2D eigenvalue weighted by Gasteiger charge is 2.27. The van der Waals surface area contributed by atoms with Gasteiger partial charge >= 0.3 is 6.09 Å². The van der Waals surface area contributed by atoms with Crippen molar-refractivity contribution < 1.29 is 14.3 Å². The third-order valence-corrected chi connectivity index (χ3v) is 5.86. The summed E-state index contributed by atoms with van der Waals surface area (Å²) in [5, 5.41) is 12.2. The number of thiazole rings is 1. The topological polar surface area (TPSA) is 69.6 Å². The van der Waals surface area contributed by atoms with Crippen LogP contribution < -0.4 is 4.90 Å². The van der Waals surface area contributed by atoms with Gasteiger partial charge < -0.3 is 14.9 Å². The lowest BCUT2D eigenvalue weighted by Gasteiger charge is -2.22. The van der Waals surface area contributed by atoms with Gasteiger partial charge in [-0.15, -0.1) is 11.3 Å². The predicted molar refractivity (Wildman–Crippen MR) is 110 cm³/mol. The zero-order chi connectivity index (χ0) is 20.2. The summed E-state index contributed by atoms with van der Waals surface area (Å²) < 4.78 is 13.1. The van der Waals surface area contributed by atoms with Gasteiger partial charge in [-0.05, 0) is 42.2 Å². The predicted octanol–water partition coefficient (Wildman–Crippen LogP) is 4.35. The number of carbonyl (C=O) groups is 1.